The number of carboxylic acids is 1. The molecule has 0 aromatic rings. The van der Waals surface area contributed by atoms with Crippen molar-refractivity contribution in [3.63, 3.8) is 0 Å². The van der Waals surface area contributed by atoms with E-state index in [1.807, 2.05) is 0 Å². The molecule has 1 rings (SSSR count). The van der Waals surface area contributed by atoms with Crippen molar-refractivity contribution in [1.29, 1.82) is 0 Å². The van der Waals surface area contributed by atoms with Gasteiger partial charge < -0.3 is 15.3 Å². The monoisotopic (exact) mass is 228 g/mol. The highest BCUT2D eigenvalue weighted by molar-refractivity contribution is 5.75. The van der Waals surface area contributed by atoms with Crippen molar-refractivity contribution in [1.82, 2.24) is 10.2 Å². The van der Waals surface area contributed by atoms with Gasteiger partial charge in [-0.2, -0.15) is 0 Å². The van der Waals surface area contributed by atoms with Gasteiger partial charge in [0.1, 0.15) is 0 Å². The Morgan fingerprint density at radius 2 is 2.00 bits per heavy atom. The number of amides is 1. The molecule has 1 aliphatic rings. The molecular weight excluding hydrogens is 208 g/mol. The summed E-state index contributed by atoms with van der Waals surface area (Å²) in [6.45, 7) is 2.60. The summed E-state index contributed by atoms with van der Waals surface area (Å²) in [5, 5.41) is 11.3. The van der Waals surface area contributed by atoms with Crippen LogP contribution in [-0.2, 0) is 9.59 Å². The fourth-order valence-corrected chi connectivity index (χ4v) is 2.05. The number of carbonyl (C=O) groups is 2. The summed E-state index contributed by atoms with van der Waals surface area (Å²) in [6, 6.07) is 0. The molecule has 0 saturated carbocycles. The Labute approximate surface area is 95.8 Å². The average molecular weight is 228 g/mol. The Morgan fingerprint density at radius 3 is 2.50 bits per heavy atom. The van der Waals surface area contributed by atoms with Crippen LogP contribution in [0, 0.1) is 5.92 Å². The average Bonchev–Trinajstić information content (AvgIpc) is 2.27. The molecule has 92 valence electrons. The van der Waals surface area contributed by atoms with Crippen LogP contribution in [0.25, 0.3) is 0 Å². The minimum absolute atomic E-state index is 0.0626. The molecule has 0 aliphatic carbocycles. The van der Waals surface area contributed by atoms with Crippen LogP contribution >= 0.6 is 0 Å². The third-order valence-corrected chi connectivity index (χ3v) is 3.10. The lowest BCUT2D eigenvalue weighted by molar-refractivity contribution is -0.138. The number of nitrogens with one attached hydrogen (secondary N) is 1. The third-order valence-electron chi connectivity index (χ3n) is 3.10. The van der Waals surface area contributed by atoms with Gasteiger partial charge in [0.25, 0.3) is 0 Å². The molecule has 16 heavy (non-hydrogen) atoms. The highest BCUT2D eigenvalue weighted by Crippen LogP contribution is 2.20. The van der Waals surface area contributed by atoms with Crippen LogP contribution in [0.4, 0.5) is 0 Å². The van der Waals surface area contributed by atoms with E-state index in [0.717, 1.165) is 32.5 Å². The molecule has 0 bridgehead atoms. The number of hydrogen-bond acceptors (Lipinski definition) is 3. The summed E-state index contributed by atoms with van der Waals surface area (Å²) in [7, 11) is 1.64. The largest absolute Gasteiger partial charge is 0.481 e. The summed E-state index contributed by atoms with van der Waals surface area (Å²) in [5.74, 6) is -0.328. The van der Waals surface area contributed by atoms with E-state index < -0.39 is 5.97 Å². The van der Waals surface area contributed by atoms with Gasteiger partial charge in [-0.1, -0.05) is 0 Å². The van der Waals surface area contributed by atoms with Crippen LogP contribution in [0.15, 0.2) is 0 Å². The highest BCUT2D eigenvalue weighted by atomic mass is 16.4. The molecule has 5 nitrogen and oxygen atoms in total. The first kappa shape index (κ1) is 13.0. The Balaban J connectivity index is 2.16. The van der Waals surface area contributed by atoms with Crippen LogP contribution in [0.1, 0.15) is 25.7 Å². The lowest BCUT2D eigenvalue weighted by atomic mass is 9.93. The van der Waals surface area contributed by atoms with Gasteiger partial charge in [0.05, 0.1) is 0 Å². The molecular formula is C11H20N2O3. The zero-order valence-corrected chi connectivity index (χ0v) is 9.74. The molecule has 1 heterocycles. The third kappa shape index (κ3) is 4.61. The van der Waals surface area contributed by atoms with Crippen molar-refractivity contribution in [2.75, 3.05) is 26.7 Å². The number of piperidine rings is 1. The maximum Gasteiger partial charge on any atom is 0.303 e. The highest BCUT2D eigenvalue weighted by Gasteiger charge is 2.21. The fraction of sp³-hybridized carbons (Fsp3) is 0.818. The predicted molar refractivity (Wildman–Crippen MR) is 60.1 cm³/mol. The summed E-state index contributed by atoms with van der Waals surface area (Å²) in [6.07, 6.45) is 2.67. The van der Waals surface area contributed by atoms with Crippen LogP contribution in [0.2, 0.25) is 0 Å². The Kier molecular flexibility index (Phi) is 5.25. The Morgan fingerprint density at radius 1 is 1.38 bits per heavy atom. The fourth-order valence-electron chi connectivity index (χ4n) is 2.05. The molecule has 0 aromatic carbocycles. The summed E-state index contributed by atoms with van der Waals surface area (Å²) < 4.78 is 0. The van der Waals surface area contributed by atoms with Crippen LogP contribution < -0.4 is 5.32 Å². The SMILES string of the molecule is CNC(=O)CCN1CCC(CC(=O)O)CC1. The van der Waals surface area contributed by atoms with Crippen molar-refractivity contribution in [3.05, 3.63) is 0 Å². The van der Waals surface area contributed by atoms with Crippen molar-refractivity contribution in [2.45, 2.75) is 25.7 Å². The second-order valence-corrected chi connectivity index (χ2v) is 4.31. The number of likely N-dealkylation sites (tertiary alicyclic amines) is 1. The van der Waals surface area contributed by atoms with E-state index in [1.165, 1.54) is 0 Å². The number of hydrogen-bond donors (Lipinski definition) is 2. The number of rotatable bonds is 5. The lowest BCUT2D eigenvalue weighted by Crippen LogP contribution is -2.36. The molecule has 0 spiro atoms. The quantitative estimate of drug-likeness (QED) is 0.710. The topological polar surface area (TPSA) is 69.6 Å². The first-order chi connectivity index (χ1) is 7.61. The molecule has 2 N–H and O–H groups in total. The van der Waals surface area contributed by atoms with Gasteiger partial charge >= 0.3 is 5.97 Å². The Bertz CT molecular complexity index is 248. The van der Waals surface area contributed by atoms with E-state index in [0.29, 0.717) is 12.3 Å². The second kappa shape index (κ2) is 6.48. The number of carboxylic acid groups (broad SMARTS) is 1. The van der Waals surface area contributed by atoms with Crippen LogP contribution in [0.3, 0.4) is 0 Å². The van der Waals surface area contributed by atoms with Gasteiger partial charge in [-0.05, 0) is 31.8 Å². The number of nitrogens with zero attached hydrogens (tertiary/aromatic N) is 1. The lowest BCUT2D eigenvalue weighted by Gasteiger charge is -2.30. The summed E-state index contributed by atoms with van der Waals surface area (Å²) in [4.78, 5) is 23.8. The number of carbonyl (C=O) groups excluding carboxylic acids is 1. The molecule has 0 aromatic heterocycles. The molecule has 0 unspecified atom stereocenters. The van der Waals surface area contributed by atoms with E-state index in [2.05, 4.69) is 10.2 Å². The molecule has 1 aliphatic heterocycles. The maximum absolute atomic E-state index is 11.0. The smallest absolute Gasteiger partial charge is 0.303 e. The van der Waals surface area contributed by atoms with E-state index in [-0.39, 0.29) is 12.3 Å². The van der Waals surface area contributed by atoms with Crippen molar-refractivity contribution in [2.24, 2.45) is 5.92 Å². The van der Waals surface area contributed by atoms with Crippen molar-refractivity contribution < 1.29 is 14.7 Å². The van der Waals surface area contributed by atoms with E-state index in [9.17, 15) is 9.59 Å². The van der Waals surface area contributed by atoms with Crippen molar-refractivity contribution in [3.8, 4) is 0 Å². The number of aliphatic carboxylic acids is 1. The van der Waals surface area contributed by atoms with E-state index in [1.54, 1.807) is 7.05 Å². The van der Waals surface area contributed by atoms with Gasteiger partial charge in [0.15, 0.2) is 0 Å². The van der Waals surface area contributed by atoms with Crippen molar-refractivity contribution >= 4 is 11.9 Å². The van der Waals surface area contributed by atoms with Gasteiger partial charge in [0.2, 0.25) is 5.91 Å². The molecule has 1 saturated heterocycles. The molecule has 5 heteroatoms. The molecule has 1 amide bonds. The summed E-state index contributed by atoms with van der Waals surface area (Å²) >= 11 is 0. The predicted octanol–water partition coefficient (Wildman–Crippen LogP) is 0.309. The Hall–Kier alpha value is -1.10. The summed E-state index contributed by atoms with van der Waals surface area (Å²) in [5.41, 5.74) is 0. The minimum atomic E-state index is -0.705. The van der Waals surface area contributed by atoms with E-state index in [4.69, 9.17) is 5.11 Å². The van der Waals surface area contributed by atoms with Gasteiger partial charge in [-0.15, -0.1) is 0 Å². The first-order valence-electron chi connectivity index (χ1n) is 5.76. The minimum Gasteiger partial charge on any atom is -0.481 e. The molecule has 0 atom stereocenters. The van der Waals surface area contributed by atoms with Crippen LogP contribution in [-0.4, -0.2) is 48.6 Å². The first-order valence-corrected chi connectivity index (χ1v) is 5.76. The molecule has 0 radical (unpaired) electrons. The van der Waals surface area contributed by atoms with Gasteiger partial charge in [-0.25, -0.2) is 0 Å². The van der Waals surface area contributed by atoms with Gasteiger partial charge in [-0.3, -0.25) is 9.59 Å². The zero-order valence-electron chi connectivity index (χ0n) is 9.74. The van der Waals surface area contributed by atoms with Crippen LogP contribution in [0.5, 0.6) is 0 Å². The zero-order chi connectivity index (χ0) is 12.0. The second-order valence-electron chi connectivity index (χ2n) is 4.31. The standard InChI is InChI=1S/C11H20N2O3/c1-12-10(14)4-7-13-5-2-9(3-6-13)8-11(15)16/h9H,2-8H2,1H3,(H,12,14)(H,15,16). The van der Waals surface area contributed by atoms with E-state index >= 15 is 0 Å². The normalized spacial score (nSPS) is 18.3. The van der Waals surface area contributed by atoms with Gasteiger partial charge in [0, 0.05) is 26.4 Å². The maximum atomic E-state index is 11.0. The molecule has 1 fully saturated rings.